The molecule has 0 fully saturated rings. The largest absolute Gasteiger partial charge is 0.493 e. The minimum Gasteiger partial charge on any atom is -0.493 e. The van der Waals surface area contributed by atoms with E-state index in [1.807, 2.05) is 25.1 Å². The summed E-state index contributed by atoms with van der Waals surface area (Å²) in [5.41, 5.74) is 1.02. The fourth-order valence-electron chi connectivity index (χ4n) is 1.27. The molecule has 1 rings (SSSR count). The summed E-state index contributed by atoms with van der Waals surface area (Å²) in [5.74, 6) is 1.40. The van der Waals surface area contributed by atoms with Gasteiger partial charge >= 0.3 is 0 Å². The van der Waals surface area contributed by atoms with E-state index in [4.69, 9.17) is 9.47 Å². The SMILES string of the molecule is COc1ccc([C@@H](C)N=C=S)cc1OC. The maximum Gasteiger partial charge on any atom is 0.161 e. The second-order valence-corrected chi connectivity index (χ2v) is 3.19. The van der Waals surface area contributed by atoms with Gasteiger partial charge in [-0.3, -0.25) is 0 Å². The van der Waals surface area contributed by atoms with Gasteiger partial charge in [0.05, 0.1) is 25.4 Å². The summed E-state index contributed by atoms with van der Waals surface area (Å²) < 4.78 is 10.3. The molecule has 15 heavy (non-hydrogen) atoms. The molecule has 3 nitrogen and oxygen atoms in total. The molecule has 1 aromatic carbocycles. The lowest BCUT2D eigenvalue weighted by Gasteiger charge is -2.10. The molecule has 0 spiro atoms. The van der Waals surface area contributed by atoms with Gasteiger partial charge in [0.15, 0.2) is 11.5 Å². The van der Waals surface area contributed by atoms with Crippen molar-refractivity contribution in [2.45, 2.75) is 13.0 Å². The first-order valence-electron chi connectivity index (χ1n) is 4.51. The lowest BCUT2D eigenvalue weighted by atomic mass is 10.1. The molecule has 0 aliphatic heterocycles. The van der Waals surface area contributed by atoms with Crippen molar-refractivity contribution in [2.24, 2.45) is 4.99 Å². The molecule has 0 aliphatic carbocycles. The monoisotopic (exact) mass is 223 g/mol. The van der Waals surface area contributed by atoms with Crippen molar-refractivity contribution in [3.8, 4) is 11.5 Å². The van der Waals surface area contributed by atoms with Gasteiger partial charge in [0.1, 0.15) is 0 Å². The van der Waals surface area contributed by atoms with Crippen LogP contribution in [0.4, 0.5) is 0 Å². The number of rotatable bonds is 4. The van der Waals surface area contributed by atoms with Gasteiger partial charge in [0.25, 0.3) is 0 Å². The molecule has 0 N–H and O–H groups in total. The summed E-state index contributed by atoms with van der Waals surface area (Å²) >= 11 is 4.57. The Bertz CT molecular complexity index is 386. The molecule has 0 bridgehead atoms. The lowest BCUT2D eigenvalue weighted by molar-refractivity contribution is 0.354. The van der Waals surface area contributed by atoms with E-state index < -0.39 is 0 Å². The normalized spacial score (nSPS) is 11.4. The number of ether oxygens (including phenoxy) is 2. The first kappa shape index (κ1) is 11.7. The van der Waals surface area contributed by atoms with Gasteiger partial charge in [-0.15, -0.1) is 0 Å². The number of benzene rings is 1. The third-order valence-corrected chi connectivity index (χ3v) is 2.24. The molecule has 0 saturated heterocycles. The molecule has 1 atom stereocenters. The molecular formula is C11H13NO2S. The Kier molecular flexibility index (Phi) is 4.28. The number of methoxy groups -OCH3 is 2. The molecule has 4 heteroatoms. The van der Waals surface area contributed by atoms with E-state index in [2.05, 4.69) is 22.4 Å². The van der Waals surface area contributed by atoms with Crippen molar-refractivity contribution >= 4 is 17.4 Å². The van der Waals surface area contributed by atoms with E-state index in [1.54, 1.807) is 14.2 Å². The van der Waals surface area contributed by atoms with Crippen LogP contribution in [-0.2, 0) is 0 Å². The fourth-order valence-corrected chi connectivity index (χ4v) is 1.42. The summed E-state index contributed by atoms with van der Waals surface area (Å²) in [6.07, 6.45) is 0. The summed E-state index contributed by atoms with van der Waals surface area (Å²) in [4.78, 5) is 3.99. The van der Waals surface area contributed by atoms with Crippen LogP contribution >= 0.6 is 12.2 Å². The van der Waals surface area contributed by atoms with E-state index in [9.17, 15) is 0 Å². The smallest absolute Gasteiger partial charge is 0.161 e. The van der Waals surface area contributed by atoms with Gasteiger partial charge in [-0.05, 0) is 36.8 Å². The third-order valence-electron chi connectivity index (χ3n) is 2.14. The highest BCUT2D eigenvalue weighted by molar-refractivity contribution is 7.78. The van der Waals surface area contributed by atoms with Crippen LogP contribution in [0.25, 0.3) is 0 Å². The Hall–Kier alpha value is -1.38. The molecular weight excluding hydrogens is 210 g/mol. The van der Waals surface area contributed by atoms with Crippen LogP contribution in [0, 0.1) is 0 Å². The number of hydrogen-bond acceptors (Lipinski definition) is 4. The molecule has 0 radical (unpaired) electrons. The van der Waals surface area contributed by atoms with E-state index in [0.717, 1.165) is 5.56 Å². The van der Waals surface area contributed by atoms with Gasteiger partial charge in [-0.2, -0.15) is 0 Å². The molecule has 0 amide bonds. The predicted octanol–water partition coefficient (Wildman–Crippen LogP) is 2.87. The highest BCUT2D eigenvalue weighted by atomic mass is 32.1. The molecule has 0 aliphatic rings. The van der Waals surface area contributed by atoms with Crippen molar-refractivity contribution in [1.82, 2.24) is 0 Å². The minimum atomic E-state index is -0.0118. The van der Waals surface area contributed by atoms with Crippen molar-refractivity contribution < 1.29 is 9.47 Å². The fraction of sp³-hybridized carbons (Fsp3) is 0.364. The third kappa shape index (κ3) is 2.78. The van der Waals surface area contributed by atoms with Crippen molar-refractivity contribution in [3.05, 3.63) is 23.8 Å². The Balaban J connectivity index is 3.07. The average Bonchev–Trinajstić information content (AvgIpc) is 2.28. The summed E-state index contributed by atoms with van der Waals surface area (Å²) in [6.45, 7) is 1.94. The Morgan fingerprint density at radius 2 is 1.93 bits per heavy atom. The number of nitrogens with zero attached hydrogens (tertiary/aromatic N) is 1. The van der Waals surface area contributed by atoms with E-state index in [0.29, 0.717) is 11.5 Å². The predicted molar refractivity (Wildman–Crippen MR) is 63.0 cm³/mol. The maximum atomic E-state index is 5.19. The quantitative estimate of drug-likeness (QED) is 0.581. The zero-order valence-electron chi connectivity index (χ0n) is 8.98. The molecule has 1 aromatic rings. The van der Waals surface area contributed by atoms with Crippen LogP contribution in [0.3, 0.4) is 0 Å². The first-order valence-corrected chi connectivity index (χ1v) is 4.92. The number of thiocarbonyl (C=S) groups is 1. The highest BCUT2D eigenvalue weighted by Gasteiger charge is 2.08. The zero-order chi connectivity index (χ0) is 11.3. The topological polar surface area (TPSA) is 30.8 Å². The zero-order valence-corrected chi connectivity index (χ0v) is 9.80. The van der Waals surface area contributed by atoms with Crippen molar-refractivity contribution in [2.75, 3.05) is 14.2 Å². The second kappa shape index (κ2) is 5.49. The van der Waals surface area contributed by atoms with Gasteiger partial charge in [-0.25, -0.2) is 4.99 Å². The number of hydrogen-bond donors (Lipinski definition) is 0. The highest BCUT2D eigenvalue weighted by Crippen LogP contribution is 2.30. The van der Waals surface area contributed by atoms with Gasteiger partial charge in [-0.1, -0.05) is 6.07 Å². The van der Waals surface area contributed by atoms with Gasteiger partial charge in [0, 0.05) is 0 Å². The average molecular weight is 223 g/mol. The molecule has 80 valence electrons. The lowest BCUT2D eigenvalue weighted by Crippen LogP contribution is -1.94. The van der Waals surface area contributed by atoms with Crippen LogP contribution < -0.4 is 9.47 Å². The number of aliphatic imine (C=N–C) groups is 1. The number of isothiocyanates is 1. The van der Waals surface area contributed by atoms with Gasteiger partial charge in [0.2, 0.25) is 0 Å². The van der Waals surface area contributed by atoms with Crippen molar-refractivity contribution in [3.63, 3.8) is 0 Å². The second-order valence-electron chi connectivity index (χ2n) is 3.01. The van der Waals surface area contributed by atoms with Crippen LogP contribution in [0.2, 0.25) is 0 Å². The van der Waals surface area contributed by atoms with Gasteiger partial charge < -0.3 is 9.47 Å². The maximum absolute atomic E-state index is 5.19. The molecule has 0 heterocycles. The molecule has 0 saturated carbocycles. The first-order chi connectivity index (χ1) is 7.22. The van der Waals surface area contributed by atoms with E-state index in [1.165, 1.54) is 0 Å². The van der Waals surface area contributed by atoms with Crippen LogP contribution in [0.5, 0.6) is 11.5 Å². The summed E-state index contributed by atoms with van der Waals surface area (Å²) in [7, 11) is 3.21. The van der Waals surface area contributed by atoms with E-state index >= 15 is 0 Å². The van der Waals surface area contributed by atoms with Crippen LogP contribution in [0.1, 0.15) is 18.5 Å². The van der Waals surface area contributed by atoms with Crippen molar-refractivity contribution in [1.29, 1.82) is 0 Å². The van der Waals surface area contributed by atoms with E-state index in [-0.39, 0.29) is 6.04 Å². The Morgan fingerprint density at radius 3 is 2.47 bits per heavy atom. The minimum absolute atomic E-state index is 0.0118. The molecule has 0 aromatic heterocycles. The Labute approximate surface area is 94.7 Å². The summed E-state index contributed by atoms with van der Waals surface area (Å²) in [6, 6.07) is 5.66. The Morgan fingerprint density at radius 1 is 1.27 bits per heavy atom. The van der Waals surface area contributed by atoms with Crippen LogP contribution in [0.15, 0.2) is 23.2 Å². The molecule has 0 unspecified atom stereocenters. The van der Waals surface area contributed by atoms with Crippen LogP contribution in [-0.4, -0.2) is 19.4 Å². The summed E-state index contributed by atoms with van der Waals surface area (Å²) in [5, 5.41) is 2.37. The standard InChI is InChI=1S/C11H13NO2S/c1-8(12-7-15)9-4-5-10(13-2)11(6-9)14-3/h4-6,8H,1-3H3/t8-/m1/s1.